The zero-order valence-corrected chi connectivity index (χ0v) is 11.9. The summed E-state index contributed by atoms with van der Waals surface area (Å²) in [4.78, 5) is 16.5. The smallest absolute Gasteiger partial charge is 0.257 e. The molecule has 0 fully saturated rings. The first-order valence-electron chi connectivity index (χ1n) is 6.96. The molecular formula is C17H15FN2O. The molecule has 1 atom stereocenters. The second-order valence-electron chi connectivity index (χ2n) is 5.71. The van der Waals surface area contributed by atoms with E-state index in [9.17, 15) is 9.18 Å². The Bertz CT molecular complexity index is 773. The van der Waals surface area contributed by atoms with Crippen molar-refractivity contribution in [3.05, 3.63) is 59.4 Å². The van der Waals surface area contributed by atoms with Crippen LogP contribution in [-0.4, -0.2) is 20.0 Å². The van der Waals surface area contributed by atoms with Crippen LogP contribution in [0.15, 0.2) is 42.5 Å². The predicted octanol–water partition coefficient (Wildman–Crippen LogP) is 2.69. The van der Waals surface area contributed by atoms with Gasteiger partial charge in [0.05, 0.1) is 0 Å². The van der Waals surface area contributed by atoms with E-state index in [1.807, 2.05) is 42.3 Å². The van der Waals surface area contributed by atoms with Gasteiger partial charge in [-0.15, -0.1) is 0 Å². The normalized spacial score (nSPS) is 22.9. The Morgan fingerprint density at radius 3 is 2.52 bits per heavy atom. The monoisotopic (exact) mass is 282 g/mol. The third kappa shape index (κ3) is 1.30. The molecule has 1 unspecified atom stereocenters. The van der Waals surface area contributed by atoms with Crippen molar-refractivity contribution in [1.82, 2.24) is 0 Å². The molecule has 2 aliphatic rings. The van der Waals surface area contributed by atoms with Gasteiger partial charge in [-0.1, -0.05) is 24.3 Å². The van der Waals surface area contributed by atoms with Gasteiger partial charge in [-0.25, -0.2) is 4.39 Å². The molecule has 1 amide bonds. The van der Waals surface area contributed by atoms with E-state index in [1.165, 1.54) is 6.07 Å². The number of benzene rings is 2. The number of fused-ring (bicyclic) bond motifs is 3. The van der Waals surface area contributed by atoms with Crippen molar-refractivity contribution in [3.63, 3.8) is 0 Å². The van der Waals surface area contributed by atoms with Gasteiger partial charge in [0.25, 0.3) is 5.91 Å². The van der Waals surface area contributed by atoms with E-state index < -0.39 is 5.54 Å². The molecule has 0 saturated heterocycles. The van der Waals surface area contributed by atoms with Crippen molar-refractivity contribution in [1.29, 1.82) is 0 Å². The molecule has 0 bridgehead atoms. The van der Waals surface area contributed by atoms with Gasteiger partial charge in [-0.2, -0.15) is 0 Å². The third-order valence-corrected chi connectivity index (χ3v) is 4.83. The average Bonchev–Trinajstić information content (AvgIpc) is 2.92. The van der Waals surface area contributed by atoms with Crippen LogP contribution in [0, 0.1) is 5.82 Å². The number of carbonyl (C=O) groups excluding carboxylic acids is 1. The fraction of sp³-hybridized carbons (Fsp3) is 0.235. The first kappa shape index (κ1) is 12.4. The van der Waals surface area contributed by atoms with Crippen LogP contribution in [0.3, 0.4) is 0 Å². The van der Waals surface area contributed by atoms with Gasteiger partial charge in [0.2, 0.25) is 0 Å². The van der Waals surface area contributed by atoms with Crippen LogP contribution in [0.1, 0.15) is 11.1 Å². The molecular weight excluding hydrogens is 267 g/mol. The number of hydrogen-bond donors (Lipinski definition) is 0. The van der Waals surface area contributed by atoms with Gasteiger partial charge in [0.1, 0.15) is 5.82 Å². The third-order valence-electron chi connectivity index (χ3n) is 4.83. The number of likely N-dealkylation sites (N-methyl/N-ethyl adjacent to an activating group) is 2. The summed E-state index contributed by atoms with van der Waals surface area (Å²) in [6, 6.07) is 12.8. The van der Waals surface area contributed by atoms with E-state index in [0.717, 1.165) is 16.9 Å². The van der Waals surface area contributed by atoms with Gasteiger partial charge in [0, 0.05) is 43.0 Å². The highest BCUT2D eigenvalue weighted by molar-refractivity contribution is 6.10. The lowest BCUT2D eigenvalue weighted by Gasteiger charge is -2.32. The summed E-state index contributed by atoms with van der Waals surface area (Å²) in [6.07, 6.45) is 0.381. The number of nitrogens with zero attached hydrogens (tertiary/aromatic N) is 2. The van der Waals surface area contributed by atoms with Gasteiger partial charge in [-0.3, -0.25) is 4.79 Å². The quantitative estimate of drug-likeness (QED) is 0.741. The molecule has 0 N–H and O–H groups in total. The molecule has 1 spiro atoms. The van der Waals surface area contributed by atoms with Crippen molar-refractivity contribution >= 4 is 17.3 Å². The molecule has 4 rings (SSSR count). The zero-order valence-electron chi connectivity index (χ0n) is 11.9. The van der Waals surface area contributed by atoms with E-state index in [1.54, 1.807) is 18.0 Å². The van der Waals surface area contributed by atoms with Crippen LogP contribution in [0.2, 0.25) is 0 Å². The van der Waals surface area contributed by atoms with Crippen LogP contribution in [0.25, 0.3) is 0 Å². The average molecular weight is 282 g/mol. The summed E-state index contributed by atoms with van der Waals surface area (Å²) in [5.41, 5.74) is 2.47. The van der Waals surface area contributed by atoms with E-state index >= 15 is 0 Å². The Labute approximate surface area is 122 Å². The zero-order chi connectivity index (χ0) is 14.8. The van der Waals surface area contributed by atoms with Gasteiger partial charge in [0.15, 0.2) is 5.54 Å². The maximum absolute atomic E-state index is 14.1. The van der Waals surface area contributed by atoms with E-state index in [0.29, 0.717) is 12.0 Å². The Kier molecular flexibility index (Phi) is 2.27. The lowest BCUT2D eigenvalue weighted by Crippen LogP contribution is -2.49. The lowest BCUT2D eigenvalue weighted by atomic mass is 9.87. The molecule has 0 aromatic heterocycles. The lowest BCUT2D eigenvalue weighted by molar-refractivity contribution is -0.122. The van der Waals surface area contributed by atoms with Crippen LogP contribution < -0.4 is 9.80 Å². The maximum atomic E-state index is 14.1. The van der Waals surface area contributed by atoms with Crippen LogP contribution in [0.4, 0.5) is 15.8 Å². The van der Waals surface area contributed by atoms with Crippen molar-refractivity contribution < 1.29 is 9.18 Å². The summed E-state index contributed by atoms with van der Waals surface area (Å²) < 4.78 is 14.1. The second kappa shape index (κ2) is 3.85. The van der Waals surface area contributed by atoms with Gasteiger partial charge in [-0.05, 0) is 18.2 Å². The molecule has 4 heteroatoms. The molecule has 21 heavy (non-hydrogen) atoms. The summed E-state index contributed by atoms with van der Waals surface area (Å²) in [5, 5.41) is 0. The van der Waals surface area contributed by atoms with Crippen LogP contribution >= 0.6 is 0 Å². The number of amides is 1. The molecule has 2 heterocycles. The number of rotatable bonds is 0. The predicted molar refractivity (Wildman–Crippen MR) is 80.0 cm³/mol. The minimum atomic E-state index is -0.810. The number of anilines is 2. The highest BCUT2D eigenvalue weighted by Gasteiger charge is 2.56. The summed E-state index contributed by atoms with van der Waals surface area (Å²) in [7, 11) is 3.65. The van der Waals surface area contributed by atoms with E-state index in [2.05, 4.69) is 0 Å². The summed E-state index contributed by atoms with van der Waals surface area (Å²) in [6.45, 7) is 0. The standard InChI is InChI=1S/C17H15FN2O/c1-19-15-8-4-3-6-12(15)17(16(19)21)10-11-13(18)7-5-9-14(11)20(17)2/h3-9H,10H2,1-2H3. The highest BCUT2D eigenvalue weighted by atomic mass is 19.1. The Morgan fingerprint density at radius 2 is 1.76 bits per heavy atom. The molecule has 106 valence electrons. The first-order chi connectivity index (χ1) is 10.1. The van der Waals surface area contributed by atoms with Crippen molar-refractivity contribution in [3.8, 4) is 0 Å². The maximum Gasteiger partial charge on any atom is 0.257 e. The molecule has 0 aliphatic carbocycles. The summed E-state index contributed by atoms with van der Waals surface area (Å²) in [5.74, 6) is -0.238. The first-order valence-corrected chi connectivity index (χ1v) is 6.96. The fourth-order valence-electron chi connectivity index (χ4n) is 3.73. The van der Waals surface area contributed by atoms with Crippen molar-refractivity contribution in [2.75, 3.05) is 23.9 Å². The second-order valence-corrected chi connectivity index (χ2v) is 5.71. The molecule has 0 radical (unpaired) electrons. The van der Waals surface area contributed by atoms with Crippen LogP contribution in [0.5, 0.6) is 0 Å². The number of hydrogen-bond acceptors (Lipinski definition) is 2. The van der Waals surface area contributed by atoms with Gasteiger partial charge >= 0.3 is 0 Å². The molecule has 3 nitrogen and oxygen atoms in total. The molecule has 2 aliphatic heterocycles. The number of para-hydroxylation sites is 1. The minimum Gasteiger partial charge on any atom is -0.356 e. The van der Waals surface area contributed by atoms with Crippen molar-refractivity contribution in [2.45, 2.75) is 12.0 Å². The Morgan fingerprint density at radius 1 is 1.05 bits per heavy atom. The van der Waals surface area contributed by atoms with E-state index in [4.69, 9.17) is 0 Å². The van der Waals surface area contributed by atoms with Crippen molar-refractivity contribution in [2.24, 2.45) is 0 Å². The molecule has 2 aromatic carbocycles. The van der Waals surface area contributed by atoms with Crippen LogP contribution in [-0.2, 0) is 16.8 Å². The van der Waals surface area contributed by atoms with E-state index in [-0.39, 0.29) is 11.7 Å². The largest absolute Gasteiger partial charge is 0.356 e. The minimum absolute atomic E-state index is 0.00167. The SMILES string of the molecule is CN1C(=O)C2(Cc3c(F)cccc3N2C)c2ccccc21. The molecule has 2 aromatic rings. The fourth-order valence-corrected chi connectivity index (χ4v) is 3.73. The Hall–Kier alpha value is -2.36. The number of halogens is 1. The van der Waals surface area contributed by atoms with Gasteiger partial charge < -0.3 is 9.80 Å². The summed E-state index contributed by atoms with van der Waals surface area (Å²) >= 11 is 0. The highest BCUT2D eigenvalue weighted by Crippen LogP contribution is 2.51. The topological polar surface area (TPSA) is 23.6 Å². The Balaban J connectivity index is 1.99. The molecule has 0 saturated carbocycles. The number of carbonyl (C=O) groups is 1.